The molecule has 2 unspecified atom stereocenters. The zero-order valence-electron chi connectivity index (χ0n) is 12.2. The highest BCUT2D eigenvalue weighted by atomic mass is 19.4. The number of rotatable bonds is 3. The summed E-state index contributed by atoms with van der Waals surface area (Å²) < 4.78 is 38.9. The first-order valence-electron chi connectivity index (χ1n) is 7.51. The van der Waals surface area contributed by atoms with Crippen molar-refractivity contribution in [1.82, 2.24) is 5.32 Å². The highest BCUT2D eigenvalue weighted by molar-refractivity contribution is 5.96. The fraction of sp³-hybridized carbons (Fsp3) is 0.562. The molecule has 1 saturated carbocycles. The first kappa shape index (κ1) is 16.8. The standard InChI is InChI=1S/C16H20F3NO2/c17-16(18,19)13-8-5-4-7-12(13)15(22)20-14-9-3-1-2-6-11(14)10-21/h4-5,7-8,11,14,21H,1-3,6,9-10H2,(H,20,22). The zero-order chi connectivity index (χ0) is 16.2. The van der Waals surface area contributed by atoms with E-state index in [1.807, 2.05) is 0 Å². The Morgan fingerprint density at radius 2 is 1.86 bits per heavy atom. The van der Waals surface area contributed by atoms with Crippen LogP contribution in [0.3, 0.4) is 0 Å². The second-order valence-corrected chi connectivity index (χ2v) is 5.70. The third kappa shape index (κ3) is 4.00. The van der Waals surface area contributed by atoms with E-state index in [2.05, 4.69) is 5.32 Å². The molecule has 22 heavy (non-hydrogen) atoms. The second-order valence-electron chi connectivity index (χ2n) is 5.70. The smallest absolute Gasteiger partial charge is 0.396 e. The van der Waals surface area contributed by atoms with Crippen LogP contribution in [0.5, 0.6) is 0 Å². The summed E-state index contributed by atoms with van der Waals surface area (Å²) >= 11 is 0. The molecule has 0 saturated heterocycles. The molecule has 6 heteroatoms. The number of benzene rings is 1. The van der Waals surface area contributed by atoms with Crippen molar-refractivity contribution in [3.63, 3.8) is 0 Å². The molecule has 1 aliphatic rings. The van der Waals surface area contributed by atoms with E-state index in [9.17, 15) is 23.1 Å². The molecule has 3 nitrogen and oxygen atoms in total. The van der Waals surface area contributed by atoms with Gasteiger partial charge in [-0.05, 0) is 25.0 Å². The molecule has 1 aromatic rings. The molecular formula is C16H20F3NO2. The molecule has 2 atom stereocenters. The van der Waals surface area contributed by atoms with Gasteiger partial charge in [0.1, 0.15) is 0 Å². The predicted molar refractivity (Wildman–Crippen MR) is 76.4 cm³/mol. The van der Waals surface area contributed by atoms with Gasteiger partial charge in [-0.1, -0.05) is 31.4 Å². The third-order valence-corrected chi connectivity index (χ3v) is 4.19. The number of carbonyl (C=O) groups excluding carboxylic acids is 1. The number of carbonyl (C=O) groups is 1. The van der Waals surface area contributed by atoms with Crippen molar-refractivity contribution in [2.45, 2.75) is 44.3 Å². The summed E-state index contributed by atoms with van der Waals surface area (Å²) in [5, 5.41) is 12.1. The topological polar surface area (TPSA) is 49.3 Å². The number of aliphatic hydroxyl groups excluding tert-OH is 1. The van der Waals surface area contributed by atoms with Crippen LogP contribution in [0.25, 0.3) is 0 Å². The van der Waals surface area contributed by atoms with E-state index in [0.717, 1.165) is 31.7 Å². The molecule has 0 heterocycles. The van der Waals surface area contributed by atoms with Gasteiger partial charge in [0.25, 0.3) is 5.91 Å². The van der Waals surface area contributed by atoms with Gasteiger partial charge in [-0.25, -0.2) is 0 Å². The van der Waals surface area contributed by atoms with E-state index < -0.39 is 17.6 Å². The van der Waals surface area contributed by atoms with Crippen LogP contribution in [-0.2, 0) is 6.18 Å². The highest BCUT2D eigenvalue weighted by Gasteiger charge is 2.35. The van der Waals surface area contributed by atoms with Crippen molar-refractivity contribution in [2.75, 3.05) is 6.61 Å². The van der Waals surface area contributed by atoms with Crippen LogP contribution in [0, 0.1) is 5.92 Å². The number of alkyl halides is 3. The molecular weight excluding hydrogens is 295 g/mol. The van der Waals surface area contributed by atoms with Gasteiger partial charge in [0.05, 0.1) is 11.1 Å². The van der Waals surface area contributed by atoms with Crippen LogP contribution in [0.15, 0.2) is 24.3 Å². The fourth-order valence-corrected chi connectivity index (χ4v) is 2.97. The number of amides is 1. The van der Waals surface area contributed by atoms with Crippen LogP contribution in [0.2, 0.25) is 0 Å². The first-order valence-corrected chi connectivity index (χ1v) is 7.51. The van der Waals surface area contributed by atoms with E-state index in [1.54, 1.807) is 0 Å². The van der Waals surface area contributed by atoms with E-state index >= 15 is 0 Å². The van der Waals surface area contributed by atoms with Gasteiger partial charge in [-0.3, -0.25) is 4.79 Å². The quantitative estimate of drug-likeness (QED) is 0.840. The van der Waals surface area contributed by atoms with Gasteiger partial charge in [0, 0.05) is 18.6 Å². The Balaban J connectivity index is 2.18. The van der Waals surface area contributed by atoms with E-state index in [1.165, 1.54) is 18.2 Å². The average molecular weight is 315 g/mol. The number of halogens is 3. The average Bonchev–Trinajstić information content (AvgIpc) is 2.71. The summed E-state index contributed by atoms with van der Waals surface area (Å²) in [5.74, 6) is -0.817. The van der Waals surface area contributed by atoms with Crippen molar-refractivity contribution in [3.8, 4) is 0 Å². The molecule has 2 N–H and O–H groups in total. The zero-order valence-corrected chi connectivity index (χ0v) is 12.2. The lowest BCUT2D eigenvalue weighted by Gasteiger charge is -2.25. The Bertz CT molecular complexity index is 516. The molecule has 2 rings (SSSR count). The van der Waals surface area contributed by atoms with Crippen molar-refractivity contribution < 1.29 is 23.1 Å². The van der Waals surface area contributed by atoms with Crippen molar-refractivity contribution in [2.24, 2.45) is 5.92 Å². The van der Waals surface area contributed by atoms with Crippen LogP contribution in [-0.4, -0.2) is 23.7 Å². The van der Waals surface area contributed by atoms with Gasteiger partial charge in [0.2, 0.25) is 0 Å². The minimum atomic E-state index is -4.56. The largest absolute Gasteiger partial charge is 0.417 e. The number of hydrogen-bond acceptors (Lipinski definition) is 2. The Morgan fingerprint density at radius 3 is 2.55 bits per heavy atom. The third-order valence-electron chi connectivity index (χ3n) is 4.19. The van der Waals surface area contributed by atoms with Crippen molar-refractivity contribution in [1.29, 1.82) is 0 Å². The highest BCUT2D eigenvalue weighted by Crippen LogP contribution is 2.32. The summed E-state index contributed by atoms with van der Waals surface area (Å²) in [6.07, 6.45) is -0.206. The first-order chi connectivity index (χ1) is 10.4. The maximum absolute atomic E-state index is 13.0. The van der Waals surface area contributed by atoms with Crippen molar-refractivity contribution in [3.05, 3.63) is 35.4 Å². The Kier molecular flexibility index (Phi) is 5.45. The summed E-state index contributed by atoms with van der Waals surface area (Å²) in [6.45, 7) is -0.0636. The van der Waals surface area contributed by atoms with Crippen LogP contribution in [0.4, 0.5) is 13.2 Å². The summed E-state index contributed by atoms with van der Waals surface area (Å²) in [6, 6.07) is 4.50. The van der Waals surface area contributed by atoms with Crippen LogP contribution in [0.1, 0.15) is 48.0 Å². The Hall–Kier alpha value is -1.56. The molecule has 0 radical (unpaired) electrons. The summed E-state index contributed by atoms with van der Waals surface area (Å²) in [5.41, 5.74) is -1.29. The van der Waals surface area contributed by atoms with Gasteiger partial charge in [-0.2, -0.15) is 13.2 Å². The van der Waals surface area contributed by atoms with Gasteiger partial charge in [-0.15, -0.1) is 0 Å². The molecule has 1 amide bonds. The Labute approximate surface area is 127 Å². The molecule has 122 valence electrons. The van der Waals surface area contributed by atoms with E-state index in [0.29, 0.717) is 6.42 Å². The number of aliphatic hydroxyl groups is 1. The van der Waals surface area contributed by atoms with Gasteiger partial charge in [0.15, 0.2) is 0 Å². The normalized spacial score (nSPS) is 22.9. The number of nitrogens with one attached hydrogen (secondary N) is 1. The van der Waals surface area contributed by atoms with Crippen LogP contribution < -0.4 is 5.32 Å². The lowest BCUT2D eigenvalue weighted by Crippen LogP contribution is -2.41. The predicted octanol–water partition coefficient (Wildman–Crippen LogP) is 3.38. The molecule has 0 bridgehead atoms. The fourth-order valence-electron chi connectivity index (χ4n) is 2.97. The molecule has 0 aliphatic heterocycles. The molecule has 0 aromatic heterocycles. The maximum Gasteiger partial charge on any atom is 0.417 e. The maximum atomic E-state index is 13.0. The molecule has 1 aromatic carbocycles. The summed E-state index contributed by atoms with van der Waals surface area (Å²) in [7, 11) is 0. The van der Waals surface area contributed by atoms with Crippen LogP contribution >= 0.6 is 0 Å². The van der Waals surface area contributed by atoms with E-state index in [4.69, 9.17) is 0 Å². The van der Waals surface area contributed by atoms with E-state index in [-0.39, 0.29) is 24.1 Å². The number of hydrogen-bond donors (Lipinski definition) is 2. The second kappa shape index (κ2) is 7.13. The van der Waals surface area contributed by atoms with Crippen molar-refractivity contribution >= 4 is 5.91 Å². The Morgan fingerprint density at radius 1 is 1.18 bits per heavy atom. The monoisotopic (exact) mass is 315 g/mol. The minimum absolute atomic E-state index is 0.0636. The van der Waals surface area contributed by atoms with Gasteiger partial charge < -0.3 is 10.4 Å². The lowest BCUT2D eigenvalue weighted by atomic mass is 9.95. The van der Waals surface area contributed by atoms with Gasteiger partial charge >= 0.3 is 6.18 Å². The summed E-state index contributed by atoms with van der Waals surface area (Å²) in [4.78, 5) is 12.3. The molecule has 0 spiro atoms. The minimum Gasteiger partial charge on any atom is -0.396 e. The molecule has 1 fully saturated rings. The lowest BCUT2D eigenvalue weighted by molar-refractivity contribution is -0.137. The molecule has 1 aliphatic carbocycles. The SMILES string of the molecule is O=C(NC1CCCCCC1CO)c1ccccc1C(F)(F)F.